The molecule has 0 aromatic carbocycles. The van der Waals surface area contributed by atoms with Crippen molar-refractivity contribution >= 4 is 39.5 Å². The third kappa shape index (κ3) is 3.08. The van der Waals surface area contributed by atoms with Crippen molar-refractivity contribution in [1.82, 2.24) is 4.98 Å². The van der Waals surface area contributed by atoms with Crippen molar-refractivity contribution in [2.75, 3.05) is 5.32 Å². The summed E-state index contributed by atoms with van der Waals surface area (Å²) in [6.45, 7) is 5.53. The number of thiazole rings is 1. The minimum absolute atomic E-state index is 0.100. The Labute approximate surface area is 119 Å². The fourth-order valence-corrected chi connectivity index (χ4v) is 3.39. The molecular weight excluding hydrogens is 280 g/mol. The van der Waals surface area contributed by atoms with Crippen LogP contribution < -0.4 is 5.32 Å². The van der Waals surface area contributed by atoms with Crippen LogP contribution in [0.5, 0.6) is 0 Å². The number of amides is 1. The van der Waals surface area contributed by atoms with E-state index < -0.39 is 0 Å². The van der Waals surface area contributed by atoms with Gasteiger partial charge in [-0.2, -0.15) is 0 Å². The van der Waals surface area contributed by atoms with Crippen LogP contribution in [0.4, 0.5) is 5.13 Å². The standard InChI is InChI=1S/C13H14N2O2S2/c1-4-10-7(2)5-11(19-10)12(17)15-13-14-9(6-18-13)8(3)16/h5-6H,4H2,1-3H3,(H,14,15,17). The molecular formula is C13H14N2O2S2. The van der Waals surface area contributed by atoms with E-state index in [0.717, 1.165) is 12.0 Å². The van der Waals surface area contributed by atoms with Gasteiger partial charge in [0.2, 0.25) is 0 Å². The highest BCUT2D eigenvalue weighted by molar-refractivity contribution is 7.15. The van der Waals surface area contributed by atoms with Gasteiger partial charge in [0.25, 0.3) is 5.91 Å². The summed E-state index contributed by atoms with van der Waals surface area (Å²) in [6, 6.07) is 1.89. The monoisotopic (exact) mass is 294 g/mol. The topological polar surface area (TPSA) is 59.1 Å². The van der Waals surface area contributed by atoms with Crippen LogP contribution in [-0.2, 0) is 6.42 Å². The molecule has 4 nitrogen and oxygen atoms in total. The molecule has 0 fully saturated rings. The van der Waals surface area contributed by atoms with Crippen LogP contribution in [0.15, 0.2) is 11.4 Å². The summed E-state index contributed by atoms with van der Waals surface area (Å²) in [5, 5.41) is 4.83. The van der Waals surface area contributed by atoms with E-state index in [9.17, 15) is 9.59 Å². The Morgan fingerprint density at radius 1 is 1.42 bits per heavy atom. The normalized spacial score (nSPS) is 10.5. The van der Waals surface area contributed by atoms with E-state index >= 15 is 0 Å². The summed E-state index contributed by atoms with van der Waals surface area (Å²) in [7, 11) is 0. The van der Waals surface area contributed by atoms with Crippen molar-refractivity contribution in [2.24, 2.45) is 0 Å². The van der Waals surface area contributed by atoms with Gasteiger partial charge >= 0.3 is 0 Å². The maximum atomic E-state index is 12.1. The van der Waals surface area contributed by atoms with E-state index in [2.05, 4.69) is 17.2 Å². The number of thiophene rings is 1. The highest BCUT2D eigenvalue weighted by Crippen LogP contribution is 2.24. The summed E-state index contributed by atoms with van der Waals surface area (Å²) in [6.07, 6.45) is 0.926. The predicted molar refractivity (Wildman–Crippen MR) is 78.5 cm³/mol. The van der Waals surface area contributed by atoms with E-state index in [0.29, 0.717) is 15.7 Å². The largest absolute Gasteiger partial charge is 0.297 e. The Bertz CT molecular complexity index is 628. The van der Waals surface area contributed by atoms with Crippen LogP contribution in [0.2, 0.25) is 0 Å². The number of anilines is 1. The SMILES string of the molecule is CCc1sc(C(=O)Nc2nc(C(C)=O)cs2)cc1C. The molecule has 0 aliphatic heterocycles. The molecule has 0 radical (unpaired) electrons. The van der Waals surface area contributed by atoms with Crippen molar-refractivity contribution in [1.29, 1.82) is 0 Å². The maximum absolute atomic E-state index is 12.1. The van der Waals surface area contributed by atoms with Gasteiger partial charge in [-0.05, 0) is 25.0 Å². The van der Waals surface area contributed by atoms with Gasteiger partial charge in [0.15, 0.2) is 10.9 Å². The Morgan fingerprint density at radius 3 is 2.68 bits per heavy atom. The molecule has 0 aliphatic carbocycles. The summed E-state index contributed by atoms with van der Waals surface area (Å²) in [4.78, 5) is 29.1. The summed E-state index contributed by atoms with van der Waals surface area (Å²) in [5.74, 6) is -0.269. The lowest BCUT2D eigenvalue weighted by Crippen LogP contribution is -2.10. The highest BCUT2D eigenvalue weighted by Gasteiger charge is 2.14. The maximum Gasteiger partial charge on any atom is 0.267 e. The van der Waals surface area contributed by atoms with Gasteiger partial charge in [-0.15, -0.1) is 22.7 Å². The predicted octanol–water partition coefficient (Wildman–Crippen LogP) is 3.53. The quantitative estimate of drug-likeness (QED) is 0.878. The van der Waals surface area contributed by atoms with Gasteiger partial charge in [-0.1, -0.05) is 6.92 Å². The fourth-order valence-electron chi connectivity index (χ4n) is 1.63. The Hall–Kier alpha value is -1.53. The number of ketones is 1. The van der Waals surface area contributed by atoms with E-state index in [1.807, 2.05) is 13.0 Å². The zero-order valence-electron chi connectivity index (χ0n) is 10.9. The van der Waals surface area contributed by atoms with Crippen LogP contribution in [0.25, 0.3) is 0 Å². The molecule has 6 heteroatoms. The van der Waals surface area contributed by atoms with E-state index in [1.54, 1.807) is 5.38 Å². The first-order chi connectivity index (χ1) is 9.01. The van der Waals surface area contributed by atoms with Crippen molar-refractivity contribution in [3.8, 4) is 0 Å². The Morgan fingerprint density at radius 2 is 2.16 bits per heavy atom. The molecule has 2 heterocycles. The number of hydrogen-bond donors (Lipinski definition) is 1. The smallest absolute Gasteiger partial charge is 0.267 e. The number of nitrogens with one attached hydrogen (secondary N) is 1. The van der Waals surface area contributed by atoms with Crippen LogP contribution in [-0.4, -0.2) is 16.7 Å². The second-order valence-corrected chi connectivity index (χ2v) is 6.11. The molecule has 2 aromatic heterocycles. The first kappa shape index (κ1) is 13.9. The number of aryl methyl sites for hydroxylation is 2. The number of carbonyl (C=O) groups is 2. The number of carbonyl (C=O) groups excluding carboxylic acids is 2. The molecule has 2 aromatic rings. The molecule has 0 spiro atoms. The minimum atomic E-state index is -0.169. The molecule has 0 aliphatic rings. The first-order valence-corrected chi connectivity index (χ1v) is 7.58. The lowest BCUT2D eigenvalue weighted by Gasteiger charge is -1.97. The molecule has 0 saturated carbocycles. The third-order valence-electron chi connectivity index (χ3n) is 2.65. The summed E-state index contributed by atoms with van der Waals surface area (Å²) >= 11 is 2.76. The van der Waals surface area contributed by atoms with Crippen molar-refractivity contribution in [2.45, 2.75) is 27.2 Å². The minimum Gasteiger partial charge on any atom is -0.297 e. The molecule has 0 bridgehead atoms. The fraction of sp³-hybridized carbons (Fsp3) is 0.308. The molecule has 0 saturated heterocycles. The average Bonchev–Trinajstić information content (AvgIpc) is 2.95. The van der Waals surface area contributed by atoms with Crippen molar-refractivity contribution in [3.63, 3.8) is 0 Å². The van der Waals surface area contributed by atoms with Gasteiger partial charge in [0.1, 0.15) is 5.69 Å². The van der Waals surface area contributed by atoms with Crippen molar-refractivity contribution in [3.05, 3.63) is 32.5 Å². The van der Waals surface area contributed by atoms with Crippen molar-refractivity contribution < 1.29 is 9.59 Å². The van der Waals surface area contributed by atoms with Gasteiger partial charge in [0, 0.05) is 17.2 Å². The lowest BCUT2D eigenvalue weighted by molar-refractivity contribution is 0.100. The van der Waals surface area contributed by atoms with Crippen LogP contribution in [0.3, 0.4) is 0 Å². The van der Waals surface area contributed by atoms with Crippen LogP contribution in [0.1, 0.15) is 44.4 Å². The number of rotatable bonds is 4. The number of Topliss-reactive ketones (excluding diaryl/α,β-unsaturated/α-hetero) is 1. The second kappa shape index (κ2) is 5.63. The average molecular weight is 294 g/mol. The highest BCUT2D eigenvalue weighted by atomic mass is 32.1. The third-order valence-corrected chi connectivity index (χ3v) is 4.79. The van der Waals surface area contributed by atoms with Crippen LogP contribution in [0, 0.1) is 6.92 Å². The Kier molecular flexibility index (Phi) is 4.11. The molecule has 1 N–H and O–H groups in total. The van der Waals surface area contributed by atoms with Gasteiger partial charge in [-0.3, -0.25) is 14.9 Å². The Balaban J connectivity index is 2.13. The zero-order chi connectivity index (χ0) is 14.0. The molecule has 2 rings (SSSR count). The number of aromatic nitrogens is 1. The zero-order valence-corrected chi connectivity index (χ0v) is 12.6. The van der Waals surface area contributed by atoms with Crippen LogP contribution >= 0.6 is 22.7 Å². The summed E-state index contributed by atoms with van der Waals surface area (Å²) in [5.41, 5.74) is 1.53. The molecule has 1 amide bonds. The number of hydrogen-bond acceptors (Lipinski definition) is 5. The molecule has 19 heavy (non-hydrogen) atoms. The van der Waals surface area contributed by atoms with Gasteiger partial charge in [-0.25, -0.2) is 4.98 Å². The number of nitrogens with zero attached hydrogens (tertiary/aromatic N) is 1. The molecule has 0 atom stereocenters. The second-order valence-electron chi connectivity index (χ2n) is 4.12. The van der Waals surface area contributed by atoms with Gasteiger partial charge in [0.05, 0.1) is 4.88 Å². The van der Waals surface area contributed by atoms with E-state index in [4.69, 9.17) is 0 Å². The first-order valence-electron chi connectivity index (χ1n) is 5.88. The molecule has 0 unspecified atom stereocenters. The summed E-state index contributed by atoms with van der Waals surface area (Å²) < 4.78 is 0. The molecule has 100 valence electrons. The van der Waals surface area contributed by atoms with E-state index in [1.165, 1.54) is 34.5 Å². The van der Waals surface area contributed by atoms with E-state index in [-0.39, 0.29) is 11.7 Å². The lowest BCUT2D eigenvalue weighted by atomic mass is 10.2. The van der Waals surface area contributed by atoms with Gasteiger partial charge < -0.3 is 0 Å².